The molecule has 0 aromatic carbocycles. The van der Waals surface area contributed by atoms with Crippen LogP contribution in [0.5, 0.6) is 0 Å². The number of aromatic nitrogens is 1. The van der Waals surface area contributed by atoms with Crippen molar-refractivity contribution >= 4 is 23.2 Å². The lowest BCUT2D eigenvalue weighted by Crippen LogP contribution is -2.38. The van der Waals surface area contributed by atoms with Gasteiger partial charge in [0.05, 0.1) is 5.01 Å². The predicted octanol–water partition coefficient (Wildman–Crippen LogP) is 0.963. The highest BCUT2D eigenvalue weighted by Crippen LogP contribution is 2.16. The van der Waals surface area contributed by atoms with Crippen molar-refractivity contribution in [1.82, 2.24) is 10.3 Å². The molecule has 82 valence electrons. The standard InChI is InChI=1S/C9H12N2O3S/c1-4(9(13)14)10-8(12)7-5(2)15-6(3)11-7/h4H,1-3H3,(H,10,12)(H,13,14). The molecule has 6 heteroatoms. The van der Waals surface area contributed by atoms with Gasteiger partial charge in [-0.15, -0.1) is 11.3 Å². The van der Waals surface area contributed by atoms with E-state index in [-0.39, 0.29) is 0 Å². The molecule has 0 saturated heterocycles. The van der Waals surface area contributed by atoms with Gasteiger partial charge in [-0.2, -0.15) is 0 Å². The molecule has 1 aromatic rings. The lowest BCUT2D eigenvalue weighted by atomic mass is 10.3. The molecule has 15 heavy (non-hydrogen) atoms. The summed E-state index contributed by atoms with van der Waals surface area (Å²) in [5.41, 5.74) is 0.311. The number of amides is 1. The maximum atomic E-state index is 11.6. The van der Waals surface area contributed by atoms with Crippen LogP contribution in [0.3, 0.4) is 0 Å². The van der Waals surface area contributed by atoms with Crippen molar-refractivity contribution in [3.63, 3.8) is 0 Å². The van der Waals surface area contributed by atoms with Crippen molar-refractivity contribution in [2.45, 2.75) is 26.8 Å². The number of nitrogens with one attached hydrogen (secondary N) is 1. The number of aliphatic carboxylic acids is 1. The molecule has 2 N–H and O–H groups in total. The molecule has 1 atom stereocenters. The molecule has 1 heterocycles. The third-order valence-electron chi connectivity index (χ3n) is 1.84. The van der Waals surface area contributed by atoms with Gasteiger partial charge < -0.3 is 10.4 Å². The normalized spacial score (nSPS) is 12.2. The number of aryl methyl sites for hydroxylation is 2. The Kier molecular flexibility index (Phi) is 3.41. The van der Waals surface area contributed by atoms with E-state index in [0.717, 1.165) is 9.88 Å². The number of thiazole rings is 1. The van der Waals surface area contributed by atoms with Crippen LogP contribution in [-0.2, 0) is 4.79 Å². The fraction of sp³-hybridized carbons (Fsp3) is 0.444. The second kappa shape index (κ2) is 4.39. The molecular formula is C9H12N2O3S. The predicted molar refractivity (Wildman–Crippen MR) is 56.2 cm³/mol. The third-order valence-corrected chi connectivity index (χ3v) is 2.72. The summed E-state index contributed by atoms with van der Waals surface area (Å²) in [5.74, 6) is -1.50. The minimum atomic E-state index is -1.06. The van der Waals surface area contributed by atoms with Gasteiger partial charge in [-0.05, 0) is 20.8 Å². The number of rotatable bonds is 3. The van der Waals surface area contributed by atoms with Crippen LogP contribution in [0.25, 0.3) is 0 Å². The summed E-state index contributed by atoms with van der Waals surface area (Å²) >= 11 is 1.41. The van der Waals surface area contributed by atoms with E-state index < -0.39 is 17.9 Å². The maximum Gasteiger partial charge on any atom is 0.325 e. The first-order valence-electron chi connectivity index (χ1n) is 4.39. The van der Waals surface area contributed by atoms with Gasteiger partial charge in [0, 0.05) is 4.88 Å². The Morgan fingerprint density at radius 2 is 2.07 bits per heavy atom. The molecule has 1 aromatic heterocycles. The highest BCUT2D eigenvalue weighted by molar-refractivity contribution is 7.11. The number of carboxylic acids is 1. The number of carbonyl (C=O) groups is 2. The van der Waals surface area contributed by atoms with E-state index >= 15 is 0 Å². The van der Waals surface area contributed by atoms with Crippen LogP contribution < -0.4 is 5.32 Å². The number of hydrogen-bond acceptors (Lipinski definition) is 4. The Hall–Kier alpha value is -1.43. The Balaban J connectivity index is 2.77. The molecule has 1 rings (SSSR count). The van der Waals surface area contributed by atoms with Crippen LogP contribution in [0.1, 0.15) is 27.3 Å². The minimum absolute atomic E-state index is 0.311. The first kappa shape index (κ1) is 11.6. The summed E-state index contributed by atoms with van der Waals surface area (Å²) in [7, 11) is 0. The van der Waals surface area contributed by atoms with Gasteiger partial charge in [0.15, 0.2) is 0 Å². The topological polar surface area (TPSA) is 79.3 Å². The highest BCUT2D eigenvalue weighted by atomic mass is 32.1. The van der Waals surface area contributed by atoms with Gasteiger partial charge in [0.2, 0.25) is 0 Å². The first-order valence-corrected chi connectivity index (χ1v) is 5.21. The average Bonchev–Trinajstić information content (AvgIpc) is 2.44. The van der Waals surface area contributed by atoms with Gasteiger partial charge in [-0.3, -0.25) is 9.59 Å². The minimum Gasteiger partial charge on any atom is -0.480 e. The molecule has 0 radical (unpaired) electrons. The maximum absolute atomic E-state index is 11.6. The SMILES string of the molecule is Cc1nc(C(=O)NC(C)C(=O)O)c(C)s1. The van der Waals surface area contributed by atoms with Crippen molar-refractivity contribution in [3.8, 4) is 0 Å². The Morgan fingerprint density at radius 3 is 2.47 bits per heavy atom. The fourth-order valence-corrected chi connectivity index (χ4v) is 1.88. The van der Waals surface area contributed by atoms with Crippen molar-refractivity contribution in [2.24, 2.45) is 0 Å². The lowest BCUT2D eigenvalue weighted by Gasteiger charge is -2.07. The van der Waals surface area contributed by atoms with E-state index in [1.54, 1.807) is 13.8 Å². The van der Waals surface area contributed by atoms with E-state index in [1.165, 1.54) is 18.3 Å². The van der Waals surface area contributed by atoms with Crippen LogP contribution in [0.2, 0.25) is 0 Å². The van der Waals surface area contributed by atoms with Gasteiger partial charge in [0.25, 0.3) is 5.91 Å². The second-order valence-corrected chi connectivity index (χ2v) is 4.58. The summed E-state index contributed by atoms with van der Waals surface area (Å²) in [5, 5.41) is 11.8. The van der Waals surface area contributed by atoms with Crippen LogP contribution in [0.15, 0.2) is 0 Å². The zero-order valence-corrected chi connectivity index (χ0v) is 9.51. The molecule has 0 bridgehead atoms. The molecule has 1 unspecified atom stereocenters. The molecule has 0 fully saturated rings. The zero-order chi connectivity index (χ0) is 11.6. The number of carbonyl (C=O) groups excluding carboxylic acids is 1. The van der Waals surface area contributed by atoms with Crippen LogP contribution in [0.4, 0.5) is 0 Å². The molecule has 0 aliphatic carbocycles. The number of nitrogens with zero attached hydrogens (tertiary/aromatic N) is 1. The largest absolute Gasteiger partial charge is 0.480 e. The molecule has 0 aliphatic heterocycles. The molecule has 0 spiro atoms. The van der Waals surface area contributed by atoms with Gasteiger partial charge in [0.1, 0.15) is 11.7 Å². The van der Waals surface area contributed by atoms with Gasteiger partial charge >= 0.3 is 5.97 Å². The molecule has 5 nitrogen and oxygen atoms in total. The Morgan fingerprint density at radius 1 is 1.47 bits per heavy atom. The van der Waals surface area contributed by atoms with E-state index in [9.17, 15) is 9.59 Å². The first-order chi connectivity index (χ1) is 6.91. The van der Waals surface area contributed by atoms with E-state index in [2.05, 4.69) is 10.3 Å². The van der Waals surface area contributed by atoms with Crippen molar-refractivity contribution in [2.75, 3.05) is 0 Å². The van der Waals surface area contributed by atoms with Gasteiger partial charge in [-0.25, -0.2) is 4.98 Å². The van der Waals surface area contributed by atoms with Crippen LogP contribution in [-0.4, -0.2) is 28.0 Å². The third kappa shape index (κ3) is 2.76. The van der Waals surface area contributed by atoms with Crippen molar-refractivity contribution < 1.29 is 14.7 Å². The van der Waals surface area contributed by atoms with Crippen LogP contribution in [0, 0.1) is 13.8 Å². The molecule has 0 saturated carbocycles. The van der Waals surface area contributed by atoms with Gasteiger partial charge in [-0.1, -0.05) is 0 Å². The van der Waals surface area contributed by atoms with E-state index in [4.69, 9.17) is 5.11 Å². The zero-order valence-electron chi connectivity index (χ0n) is 8.70. The average molecular weight is 228 g/mol. The van der Waals surface area contributed by atoms with Crippen molar-refractivity contribution in [1.29, 1.82) is 0 Å². The monoisotopic (exact) mass is 228 g/mol. The Labute approximate surface area is 91.1 Å². The summed E-state index contributed by atoms with van der Waals surface area (Å²) in [6, 6.07) is -0.904. The number of hydrogen-bond donors (Lipinski definition) is 2. The molecule has 0 aliphatic rings. The van der Waals surface area contributed by atoms with Crippen molar-refractivity contribution in [3.05, 3.63) is 15.6 Å². The fourth-order valence-electron chi connectivity index (χ4n) is 1.07. The summed E-state index contributed by atoms with van der Waals surface area (Å²) in [4.78, 5) is 26.9. The summed E-state index contributed by atoms with van der Waals surface area (Å²) in [6.07, 6.45) is 0. The smallest absolute Gasteiger partial charge is 0.325 e. The van der Waals surface area contributed by atoms with E-state index in [1.807, 2.05) is 0 Å². The highest BCUT2D eigenvalue weighted by Gasteiger charge is 2.19. The lowest BCUT2D eigenvalue weighted by molar-refractivity contribution is -0.138. The van der Waals surface area contributed by atoms with E-state index in [0.29, 0.717) is 5.69 Å². The summed E-state index contributed by atoms with van der Waals surface area (Å²) < 4.78 is 0. The van der Waals surface area contributed by atoms with Crippen LogP contribution >= 0.6 is 11.3 Å². The number of carboxylic acid groups (broad SMARTS) is 1. The summed E-state index contributed by atoms with van der Waals surface area (Å²) in [6.45, 7) is 4.99. The second-order valence-electron chi connectivity index (χ2n) is 3.17. The molecule has 1 amide bonds. The quantitative estimate of drug-likeness (QED) is 0.807. The Bertz CT molecular complexity index is 400. The molecular weight excluding hydrogens is 216 g/mol.